The number of rotatable bonds is 5. The van der Waals surface area contributed by atoms with Gasteiger partial charge in [0.15, 0.2) is 0 Å². The Morgan fingerprint density at radius 2 is 1.78 bits per heavy atom. The molecule has 0 radical (unpaired) electrons. The van der Waals surface area contributed by atoms with Crippen molar-refractivity contribution in [3.8, 4) is 0 Å². The molecule has 0 heterocycles. The lowest BCUT2D eigenvalue weighted by Crippen LogP contribution is -2.47. The molecular formula is C11H20ClN3O3. The van der Waals surface area contributed by atoms with Crippen LogP contribution in [0.15, 0.2) is 0 Å². The van der Waals surface area contributed by atoms with Crippen LogP contribution < -0.4 is 10.6 Å². The second-order valence-electron chi connectivity index (χ2n) is 4.46. The third-order valence-corrected chi connectivity index (χ3v) is 2.22. The molecular weight excluding hydrogens is 258 g/mol. The van der Waals surface area contributed by atoms with Crippen LogP contribution in [-0.4, -0.2) is 48.3 Å². The SMILES string of the molecule is CC(C)CNC(=O)CN(C)C(=O)NC(=O)C(C)Cl. The average Bonchev–Trinajstić information content (AvgIpc) is 2.25. The molecule has 0 saturated heterocycles. The van der Waals surface area contributed by atoms with E-state index < -0.39 is 17.3 Å². The maximum Gasteiger partial charge on any atom is 0.324 e. The summed E-state index contributed by atoms with van der Waals surface area (Å²) in [5.41, 5.74) is 0. The highest BCUT2D eigenvalue weighted by Gasteiger charge is 2.17. The number of halogens is 1. The number of alkyl halides is 1. The van der Waals surface area contributed by atoms with Gasteiger partial charge in [-0.25, -0.2) is 4.79 Å². The van der Waals surface area contributed by atoms with Crippen LogP contribution in [0.1, 0.15) is 20.8 Å². The second-order valence-corrected chi connectivity index (χ2v) is 5.12. The number of urea groups is 1. The highest BCUT2D eigenvalue weighted by atomic mass is 35.5. The van der Waals surface area contributed by atoms with Gasteiger partial charge < -0.3 is 10.2 Å². The first-order chi connectivity index (χ1) is 8.23. The van der Waals surface area contributed by atoms with Crippen LogP contribution >= 0.6 is 11.6 Å². The normalized spacial score (nSPS) is 11.9. The number of nitrogens with one attached hydrogen (secondary N) is 2. The monoisotopic (exact) mass is 277 g/mol. The standard InChI is InChI=1S/C11H20ClN3O3/c1-7(2)5-13-9(16)6-15(4)11(18)14-10(17)8(3)12/h7-8H,5-6H2,1-4H3,(H,13,16)(H,14,17,18). The number of likely N-dealkylation sites (N-methyl/N-ethyl adjacent to an activating group) is 1. The topological polar surface area (TPSA) is 78.5 Å². The molecule has 0 fully saturated rings. The molecule has 1 atom stereocenters. The number of carbonyl (C=O) groups is 3. The van der Waals surface area contributed by atoms with E-state index in [1.807, 2.05) is 13.8 Å². The van der Waals surface area contributed by atoms with Crippen molar-refractivity contribution in [2.45, 2.75) is 26.1 Å². The van der Waals surface area contributed by atoms with Crippen molar-refractivity contribution in [1.82, 2.24) is 15.5 Å². The largest absolute Gasteiger partial charge is 0.354 e. The van der Waals surface area contributed by atoms with Crippen LogP contribution in [0.2, 0.25) is 0 Å². The van der Waals surface area contributed by atoms with Crippen LogP contribution in [-0.2, 0) is 9.59 Å². The Hall–Kier alpha value is -1.30. The van der Waals surface area contributed by atoms with Gasteiger partial charge in [-0.15, -0.1) is 11.6 Å². The summed E-state index contributed by atoms with van der Waals surface area (Å²) in [5, 5.41) is 3.96. The molecule has 0 rings (SSSR count). The van der Waals surface area contributed by atoms with Crippen LogP contribution in [0.4, 0.5) is 4.79 Å². The van der Waals surface area contributed by atoms with E-state index in [2.05, 4.69) is 10.6 Å². The van der Waals surface area contributed by atoms with Gasteiger partial charge in [0.1, 0.15) is 11.9 Å². The molecule has 0 aliphatic rings. The summed E-state index contributed by atoms with van der Waals surface area (Å²) in [6, 6.07) is -0.646. The van der Waals surface area contributed by atoms with Crippen molar-refractivity contribution in [2.75, 3.05) is 20.1 Å². The van der Waals surface area contributed by atoms with Crippen molar-refractivity contribution in [2.24, 2.45) is 5.92 Å². The predicted molar refractivity (Wildman–Crippen MR) is 69.3 cm³/mol. The summed E-state index contributed by atoms with van der Waals surface area (Å²) in [4.78, 5) is 35.2. The third kappa shape index (κ3) is 7.11. The molecule has 0 saturated carbocycles. The highest BCUT2D eigenvalue weighted by molar-refractivity contribution is 6.31. The fourth-order valence-electron chi connectivity index (χ4n) is 0.961. The Morgan fingerprint density at radius 3 is 2.22 bits per heavy atom. The zero-order chi connectivity index (χ0) is 14.3. The maximum absolute atomic E-state index is 11.5. The molecule has 0 aliphatic carbocycles. The van der Waals surface area contributed by atoms with Gasteiger partial charge in [-0.2, -0.15) is 0 Å². The average molecular weight is 278 g/mol. The summed E-state index contributed by atoms with van der Waals surface area (Å²) in [5.74, 6) is -0.518. The first-order valence-corrected chi connectivity index (χ1v) is 6.14. The molecule has 0 aromatic heterocycles. The van der Waals surface area contributed by atoms with E-state index in [0.29, 0.717) is 12.5 Å². The molecule has 0 aliphatic heterocycles. The molecule has 0 aromatic rings. The summed E-state index contributed by atoms with van der Waals surface area (Å²) in [6.45, 7) is 5.84. The van der Waals surface area contributed by atoms with Crippen LogP contribution in [0, 0.1) is 5.92 Å². The highest BCUT2D eigenvalue weighted by Crippen LogP contribution is 1.94. The molecule has 6 nitrogen and oxygen atoms in total. The molecule has 0 bridgehead atoms. The lowest BCUT2D eigenvalue weighted by molar-refractivity contribution is -0.122. The fourth-order valence-corrected chi connectivity index (χ4v) is 1.02. The van der Waals surface area contributed by atoms with E-state index in [0.717, 1.165) is 4.90 Å². The summed E-state index contributed by atoms with van der Waals surface area (Å²) in [6.07, 6.45) is 0. The first-order valence-electron chi connectivity index (χ1n) is 5.70. The van der Waals surface area contributed by atoms with E-state index in [1.54, 1.807) is 0 Å². The van der Waals surface area contributed by atoms with E-state index >= 15 is 0 Å². The van der Waals surface area contributed by atoms with E-state index in [4.69, 9.17) is 11.6 Å². The molecule has 4 amide bonds. The maximum atomic E-state index is 11.5. The lowest BCUT2D eigenvalue weighted by atomic mass is 10.2. The van der Waals surface area contributed by atoms with Crippen molar-refractivity contribution >= 4 is 29.4 Å². The Bertz CT molecular complexity index is 319. The number of hydrogen-bond donors (Lipinski definition) is 2. The summed E-state index contributed by atoms with van der Waals surface area (Å²) < 4.78 is 0. The molecule has 0 spiro atoms. The Labute approximate surface area is 112 Å². The van der Waals surface area contributed by atoms with Crippen molar-refractivity contribution in [3.63, 3.8) is 0 Å². The minimum atomic E-state index is -0.794. The van der Waals surface area contributed by atoms with Gasteiger partial charge in [-0.05, 0) is 12.8 Å². The third-order valence-electron chi connectivity index (χ3n) is 2.03. The van der Waals surface area contributed by atoms with Crippen LogP contribution in [0.3, 0.4) is 0 Å². The van der Waals surface area contributed by atoms with Crippen molar-refractivity contribution in [1.29, 1.82) is 0 Å². The molecule has 2 N–H and O–H groups in total. The number of imide groups is 1. The van der Waals surface area contributed by atoms with E-state index in [9.17, 15) is 14.4 Å². The van der Waals surface area contributed by atoms with Gasteiger partial charge in [-0.3, -0.25) is 14.9 Å². The Kier molecular flexibility index (Phi) is 7.35. The molecule has 1 unspecified atom stereocenters. The van der Waals surface area contributed by atoms with Gasteiger partial charge in [0.25, 0.3) is 0 Å². The smallest absolute Gasteiger partial charge is 0.324 e. The minimum absolute atomic E-state index is 0.109. The number of carbonyl (C=O) groups excluding carboxylic acids is 3. The van der Waals surface area contributed by atoms with Gasteiger partial charge >= 0.3 is 6.03 Å². The van der Waals surface area contributed by atoms with E-state index in [-0.39, 0.29) is 12.5 Å². The fraction of sp³-hybridized carbons (Fsp3) is 0.727. The van der Waals surface area contributed by atoms with Gasteiger partial charge in [0.2, 0.25) is 11.8 Å². The summed E-state index contributed by atoms with van der Waals surface area (Å²) in [7, 11) is 1.43. The lowest BCUT2D eigenvalue weighted by Gasteiger charge is -2.17. The summed E-state index contributed by atoms with van der Waals surface area (Å²) >= 11 is 5.51. The van der Waals surface area contributed by atoms with Gasteiger partial charge in [0.05, 0.1) is 0 Å². The second kappa shape index (κ2) is 7.92. The van der Waals surface area contributed by atoms with Gasteiger partial charge in [-0.1, -0.05) is 13.8 Å². The van der Waals surface area contributed by atoms with Crippen LogP contribution in [0.25, 0.3) is 0 Å². The number of amides is 4. The number of hydrogen-bond acceptors (Lipinski definition) is 3. The Balaban J connectivity index is 4.08. The zero-order valence-electron chi connectivity index (χ0n) is 11.1. The van der Waals surface area contributed by atoms with Crippen molar-refractivity contribution in [3.05, 3.63) is 0 Å². The number of nitrogens with zero attached hydrogens (tertiary/aromatic N) is 1. The predicted octanol–water partition coefficient (Wildman–Crippen LogP) is 0.554. The van der Waals surface area contributed by atoms with Gasteiger partial charge in [0, 0.05) is 13.6 Å². The molecule has 7 heteroatoms. The Morgan fingerprint density at radius 1 is 1.22 bits per heavy atom. The quantitative estimate of drug-likeness (QED) is 0.721. The minimum Gasteiger partial charge on any atom is -0.354 e. The molecule has 18 heavy (non-hydrogen) atoms. The van der Waals surface area contributed by atoms with Crippen LogP contribution in [0.5, 0.6) is 0 Å². The molecule has 104 valence electrons. The first kappa shape index (κ1) is 16.7. The van der Waals surface area contributed by atoms with E-state index in [1.165, 1.54) is 14.0 Å². The zero-order valence-corrected chi connectivity index (χ0v) is 11.9. The molecule has 0 aromatic carbocycles. The van der Waals surface area contributed by atoms with Crippen molar-refractivity contribution < 1.29 is 14.4 Å².